The molecule has 0 radical (unpaired) electrons. The summed E-state index contributed by atoms with van der Waals surface area (Å²) in [5.41, 5.74) is 0. The van der Waals surface area contributed by atoms with Crippen LogP contribution in [0.25, 0.3) is 0 Å². The molecule has 102 valence electrons. The van der Waals surface area contributed by atoms with E-state index in [1.54, 1.807) is 7.11 Å². The highest BCUT2D eigenvalue weighted by molar-refractivity contribution is 4.85. The van der Waals surface area contributed by atoms with E-state index in [1.165, 1.54) is 12.8 Å². The number of rotatable bonds is 10. The fourth-order valence-corrected chi connectivity index (χ4v) is 2.15. The van der Waals surface area contributed by atoms with Crippen LogP contribution in [0.4, 0.5) is 0 Å². The standard InChI is InChI=1S/C13H28N2O2/c1-11(2)14-12(10-16)6-7-15(8-9-17-3)13-4-5-13/h11-14,16H,4-10H2,1-3H3. The molecule has 1 aliphatic carbocycles. The van der Waals surface area contributed by atoms with E-state index in [2.05, 4.69) is 24.1 Å². The molecule has 0 bridgehead atoms. The van der Waals surface area contributed by atoms with Crippen LogP contribution >= 0.6 is 0 Å². The topological polar surface area (TPSA) is 44.7 Å². The fraction of sp³-hybridized carbons (Fsp3) is 1.00. The molecular formula is C13H28N2O2. The Labute approximate surface area is 105 Å². The van der Waals surface area contributed by atoms with Gasteiger partial charge in [0.25, 0.3) is 0 Å². The summed E-state index contributed by atoms with van der Waals surface area (Å²) < 4.78 is 5.14. The van der Waals surface area contributed by atoms with E-state index in [9.17, 15) is 5.11 Å². The first kappa shape index (κ1) is 14.9. The van der Waals surface area contributed by atoms with Crippen LogP contribution in [0, 0.1) is 0 Å². The molecule has 1 fully saturated rings. The minimum absolute atomic E-state index is 0.221. The number of aliphatic hydroxyl groups is 1. The Hall–Kier alpha value is -0.160. The highest BCUT2D eigenvalue weighted by atomic mass is 16.5. The lowest BCUT2D eigenvalue weighted by Crippen LogP contribution is -2.41. The van der Waals surface area contributed by atoms with Crippen LogP contribution in [0.1, 0.15) is 33.1 Å². The van der Waals surface area contributed by atoms with Crippen molar-refractivity contribution in [1.29, 1.82) is 0 Å². The Balaban J connectivity index is 2.23. The predicted molar refractivity (Wildman–Crippen MR) is 70.2 cm³/mol. The van der Waals surface area contributed by atoms with E-state index in [0.717, 1.165) is 32.2 Å². The largest absolute Gasteiger partial charge is 0.395 e. The SMILES string of the molecule is COCCN(CCC(CO)NC(C)C)C1CC1. The zero-order chi connectivity index (χ0) is 12.7. The van der Waals surface area contributed by atoms with Gasteiger partial charge in [0, 0.05) is 38.3 Å². The number of methoxy groups -OCH3 is 1. The molecule has 0 heterocycles. The number of ether oxygens (including phenoxy) is 1. The van der Waals surface area contributed by atoms with Gasteiger partial charge in [0.2, 0.25) is 0 Å². The van der Waals surface area contributed by atoms with Crippen molar-refractivity contribution in [1.82, 2.24) is 10.2 Å². The average Bonchev–Trinajstić information content (AvgIpc) is 3.11. The van der Waals surface area contributed by atoms with Gasteiger partial charge in [0.1, 0.15) is 0 Å². The lowest BCUT2D eigenvalue weighted by Gasteiger charge is -2.25. The van der Waals surface area contributed by atoms with Crippen LogP contribution in [0.3, 0.4) is 0 Å². The summed E-state index contributed by atoms with van der Waals surface area (Å²) in [5.74, 6) is 0. The molecule has 0 aliphatic heterocycles. The van der Waals surface area contributed by atoms with Gasteiger partial charge >= 0.3 is 0 Å². The van der Waals surface area contributed by atoms with Gasteiger partial charge in [-0.1, -0.05) is 13.8 Å². The molecule has 0 saturated heterocycles. The van der Waals surface area contributed by atoms with Crippen LogP contribution in [-0.4, -0.2) is 61.5 Å². The summed E-state index contributed by atoms with van der Waals surface area (Å²) in [6, 6.07) is 1.42. The predicted octanol–water partition coefficient (Wildman–Crippen LogP) is 0.846. The Morgan fingerprint density at radius 2 is 2.06 bits per heavy atom. The van der Waals surface area contributed by atoms with Crippen LogP contribution in [0.5, 0.6) is 0 Å². The summed E-state index contributed by atoms with van der Waals surface area (Å²) in [5, 5.41) is 12.7. The van der Waals surface area contributed by atoms with Gasteiger partial charge < -0.3 is 15.2 Å². The molecule has 1 atom stereocenters. The van der Waals surface area contributed by atoms with Crippen LogP contribution in [-0.2, 0) is 4.74 Å². The summed E-state index contributed by atoms with van der Waals surface area (Å²) >= 11 is 0. The molecule has 0 spiro atoms. The molecule has 0 aromatic rings. The third-order valence-electron chi connectivity index (χ3n) is 3.20. The average molecular weight is 244 g/mol. The van der Waals surface area contributed by atoms with Crippen molar-refractivity contribution in [3.8, 4) is 0 Å². The summed E-state index contributed by atoms with van der Waals surface area (Å²) in [6.07, 6.45) is 3.66. The molecule has 4 heteroatoms. The monoisotopic (exact) mass is 244 g/mol. The highest BCUT2D eigenvalue weighted by Crippen LogP contribution is 2.26. The molecule has 17 heavy (non-hydrogen) atoms. The number of nitrogens with one attached hydrogen (secondary N) is 1. The van der Waals surface area contributed by atoms with Crippen molar-refractivity contribution >= 4 is 0 Å². The number of nitrogens with zero attached hydrogens (tertiary/aromatic N) is 1. The van der Waals surface area contributed by atoms with E-state index >= 15 is 0 Å². The maximum absolute atomic E-state index is 9.31. The van der Waals surface area contributed by atoms with Crippen molar-refractivity contribution in [2.24, 2.45) is 0 Å². The lowest BCUT2D eigenvalue weighted by atomic mass is 10.2. The third-order valence-corrected chi connectivity index (χ3v) is 3.20. The van der Waals surface area contributed by atoms with Gasteiger partial charge in [0.15, 0.2) is 0 Å². The first-order valence-corrected chi connectivity index (χ1v) is 6.77. The maximum atomic E-state index is 9.31. The summed E-state index contributed by atoms with van der Waals surface area (Å²) in [7, 11) is 1.75. The smallest absolute Gasteiger partial charge is 0.0589 e. The highest BCUT2D eigenvalue weighted by Gasteiger charge is 2.28. The molecule has 0 aromatic heterocycles. The summed E-state index contributed by atoms with van der Waals surface area (Å²) in [6.45, 7) is 7.33. The second-order valence-corrected chi connectivity index (χ2v) is 5.25. The van der Waals surface area contributed by atoms with Crippen molar-refractivity contribution in [2.45, 2.75) is 51.2 Å². The molecule has 1 unspecified atom stereocenters. The van der Waals surface area contributed by atoms with Crippen LogP contribution < -0.4 is 5.32 Å². The molecule has 0 amide bonds. The third kappa shape index (κ3) is 6.36. The number of hydrogen-bond acceptors (Lipinski definition) is 4. The minimum atomic E-state index is 0.221. The molecule has 1 aliphatic rings. The van der Waals surface area contributed by atoms with Crippen molar-refractivity contribution in [2.75, 3.05) is 33.4 Å². The van der Waals surface area contributed by atoms with Gasteiger partial charge in [-0.2, -0.15) is 0 Å². The molecule has 2 N–H and O–H groups in total. The molecule has 4 nitrogen and oxygen atoms in total. The van der Waals surface area contributed by atoms with E-state index in [-0.39, 0.29) is 12.6 Å². The molecule has 1 rings (SSSR count). The van der Waals surface area contributed by atoms with Gasteiger partial charge in [-0.3, -0.25) is 4.90 Å². The number of hydrogen-bond donors (Lipinski definition) is 2. The first-order chi connectivity index (χ1) is 8.17. The van der Waals surface area contributed by atoms with Gasteiger partial charge in [-0.25, -0.2) is 0 Å². The van der Waals surface area contributed by atoms with Gasteiger partial charge in [-0.15, -0.1) is 0 Å². The quantitative estimate of drug-likeness (QED) is 0.598. The van der Waals surface area contributed by atoms with Gasteiger partial charge in [0.05, 0.1) is 13.2 Å². The van der Waals surface area contributed by atoms with E-state index in [0.29, 0.717) is 6.04 Å². The number of aliphatic hydroxyl groups excluding tert-OH is 1. The van der Waals surface area contributed by atoms with Crippen molar-refractivity contribution < 1.29 is 9.84 Å². The minimum Gasteiger partial charge on any atom is -0.395 e. The second-order valence-electron chi connectivity index (χ2n) is 5.25. The summed E-state index contributed by atoms with van der Waals surface area (Å²) in [4.78, 5) is 2.49. The Bertz CT molecular complexity index is 196. The second kappa shape index (κ2) is 8.03. The molecule has 0 aromatic carbocycles. The van der Waals surface area contributed by atoms with Crippen molar-refractivity contribution in [3.63, 3.8) is 0 Å². The normalized spacial score (nSPS) is 18.0. The van der Waals surface area contributed by atoms with Gasteiger partial charge in [-0.05, 0) is 19.3 Å². The van der Waals surface area contributed by atoms with Crippen molar-refractivity contribution in [3.05, 3.63) is 0 Å². The molecule has 1 saturated carbocycles. The van der Waals surface area contributed by atoms with E-state index < -0.39 is 0 Å². The molecular weight excluding hydrogens is 216 g/mol. The Kier molecular flexibility index (Phi) is 7.04. The van der Waals surface area contributed by atoms with Crippen LogP contribution in [0.2, 0.25) is 0 Å². The zero-order valence-corrected chi connectivity index (χ0v) is 11.5. The van der Waals surface area contributed by atoms with E-state index in [4.69, 9.17) is 4.74 Å². The van der Waals surface area contributed by atoms with E-state index in [1.807, 2.05) is 0 Å². The Morgan fingerprint density at radius 3 is 2.53 bits per heavy atom. The fourth-order valence-electron chi connectivity index (χ4n) is 2.15. The first-order valence-electron chi connectivity index (χ1n) is 6.77. The lowest BCUT2D eigenvalue weighted by molar-refractivity contribution is 0.135. The zero-order valence-electron chi connectivity index (χ0n) is 11.5. The van der Waals surface area contributed by atoms with Crippen LogP contribution in [0.15, 0.2) is 0 Å². The Morgan fingerprint density at radius 1 is 1.35 bits per heavy atom. The maximum Gasteiger partial charge on any atom is 0.0589 e.